The van der Waals surface area contributed by atoms with Crippen LogP contribution >= 0.6 is 0 Å². The van der Waals surface area contributed by atoms with E-state index in [9.17, 15) is 8.42 Å². The first kappa shape index (κ1) is 16.4. The molecule has 118 valence electrons. The standard InChI is InChI=1S/C15H24N2O3S/c1-20-11-15-3-2-8-17(10-15)21(18,19)12-14-6-4-13(9-16)5-7-14/h4-7,15H,2-3,8-12,16H2,1H3. The summed E-state index contributed by atoms with van der Waals surface area (Å²) < 4.78 is 31.8. The van der Waals surface area contributed by atoms with Crippen LogP contribution in [0.3, 0.4) is 0 Å². The molecule has 2 rings (SSSR count). The summed E-state index contributed by atoms with van der Waals surface area (Å²) in [5.41, 5.74) is 7.36. The van der Waals surface area contributed by atoms with Crippen molar-refractivity contribution in [1.82, 2.24) is 4.31 Å². The van der Waals surface area contributed by atoms with Crippen molar-refractivity contribution in [2.45, 2.75) is 25.1 Å². The highest BCUT2D eigenvalue weighted by Gasteiger charge is 2.28. The number of benzene rings is 1. The van der Waals surface area contributed by atoms with Gasteiger partial charge >= 0.3 is 0 Å². The zero-order chi connectivity index (χ0) is 15.3. The Labute approximate surface area is 127 Å². The van der Waals surface area contributed by atoms with Crippen molar-refractivity contribution in [3.8, 4) is 0 Å². The number of nitrogens with zero attached hydrogens (tertiary/aromatic N) is 1. The predicted octanol–water partition coefficient (Wildman–Crippen LogP) is 1.33. The lowest BCUT2D eigenvalue weighted by molar-refractivity contribution is 0.118. The van der Waals surface area contributed by atoms with Gasteiger partial charge in [-0.05, 0) is 29.9 Å². The van der Waals surface area contributed by atoms with Crippen molar-refractivity contribution in [3.63, 3.8) is 0 Å². The van der Waals surface area contributed by atoms with Crippen LogP contribution < -0.4 is 5.73 Å². The molecule has 0 amide bonds. The Morgan fingerprint density at radius 1 is 1.29 bits per heavy atom. The molecule has 1 aliphatic heterocycles. The number of ether oxygens (including phenoxy) is 1. The van der Waals surface area contributed by atoms with Gasteiger partial charge in [0.25, 0.3) is 0 Å². The number of hydrogen-bond donors (Lipinski definition) is 1. The van der Waals surface area contributed by atoms with E-state index < -0.39 is 10.0 Å². The van der Waals surface area contributed by atoms with Crippen LogP contribution in [0.2, 0.25) is 0 Å². The van der Waals surface area contributed by atoms with E-state index in [1.165, 1.54) is 0 Å². The summed E-state index contributed by atoms with van der Waals surface area (Å²) >= 11 is 0. The molecule has 1 unspecified atom stereocenters. The summed E-state index contributed by atoms with van der Waals surface area (Å²) in [6.45, 7) is 2.27. The number of rotatable bonds is 6. The van der Waals surface area contributed by atoms with Crippen LogP contribution in [0.4, 0.5) is 0 Å². The molecule has 5 nitrogen and oxygen atoms in total. The lowest BCUT2D eigenvalue weighted by atomic mass is 10.0. The van der Waals surface area contributed by atoms with Crippen LogP contribution in [0, 0.1) is 5.92 Å². The third kappa shape index (κ3) is 4.51. The van der Waals surface area contributed by atoms with Crippen LogP contribution in [-0.4, -0.2) is 39.5 Å². The fourth-order valence-corrected chi connectivity index (χ4v) is 4.37. The number of piperidine rings is 1. The average molecular weight is 312 g/mol. The first-order chi connectivity index (χ1) is 10.0. The minimum Gasteiger partial charge on any atom is -0.384 e. The molecule has 1 aromatic rings. The molecule has 1 aromatic carbocycles. The van der Waals surface area contributed by atoms with E-state index in [-0.39, 0.29) is 5.75 Å². The van der Waals surface area contributed by atoms with Crippen LogP contribution in [0.15, 0.2) is 24.3 Å². The highest BCUT2D eigenvalue weighted by Crippen LogP contribution is 2.21. The average Bonchev–Trinajstić information content (AvgIpc) is 2.48. The van der Waals surface area contributed by atoms with E-state index >= 15 is 0 Å². The van der Waals surface area contributed by atoms with Crippen molar-refractivity contribution >= 4 is 10.0 Å². The van der Waals surface area contributed by atoms with Crippen LogP contribution in [0.5, 0.6) is 0 Å². The van der Waals surface area contributed by atoms with Crippen molar-refractivity contribution in [1.29, 1.82) is 0 Å². The summed E-state index contributed by atoms with van der Waals surface area (Å²) in [6.07, 6.45) is 1.93. The summed E-state index contributed by atoms with van der Waals surface area (Å²) in [6, 6.07) is 7.45. The fraction of sp³-hybridized carbons (Fsp3) is 0.600. The maximum atomic E-state index is 12.5. The fourth-order valence-electron chi connectivity index (χ4n) is 2.72. The van der Waals surface area contributed by atoms with E-state index in [0.29, 0.717) is 32.2 Å². The Hall–Kier alpha value is -0.950. The summed E-state index contributed by atoms with van der Waals surface area (Å²) in [4.78, 5) is 0. The van der Waals surface area contributed by atoms with Gasteiger partial charge in [-0.25, -0.2) is 12.7 Å². The summed E-state index contributed by atoms with van der Waals surface area (Å²) in [5.74, 6) is 0.357. The predicted molar refractivity (Wildman–Crippen MR) is 83.1 cm³/mol. The molecule has 6 heteroatoms. The van der Waals surface area contributed by atoms with Gasteiger partial charge in [0.05, 0.1) is 12.4 Å². The monoisotopic (exact) mass is 312 g/mol. The second-order valence-electron chi connectivity index (χ2n) is 5.60. The zero-order valence-corrected chi connectivity index (χ0v) is 13.3. The SMILES string of the molecule is COCC1CCCN(S(=O)(=O)Cc2ccc(CN)cc2)C1. The van der Waals surface area contributed by atoms with Gasteiger partial charge in [-0.2, -0.15) is 0 Å². The molecule has 1 fully saturated rings. The van der Waals surface area contributed by atoms with Gasteiger partial charge in [-0.3, -0.25) is 0 Å². The number of nitrogens with two attached hydrogens (primary N) is 1. The summed E-state index contributed by atoms with van der Waals surface area (Å²) in [7, 11) is -1.60. The Morgan fingerprint density at radius 2 is 1.95 bits per heavy atom. The third-order valence-electron chi connectivity index (χ3n) is 3.89. The maximum Gasteiger partial charge on any atom is 0.218 e. The van der Waals surface area contributed by atoms with E-state index in [0.717, 1.165) is 24.0 Å². The van der Waals surface area contributed by atoms with Crippen LogP contribution in [0.25, 0.3) is 0 Å². The topological polar surface area (TPSA) is 72.6 Å². The number of hydrogen-bond acceptors (Lipinski definition) is 4. The molecule has 1 saturated heterocycles. The Kier molecular flexibility index (Phi) is 5.75. The smallest absolute Gasteiger partial charge is 0.218 e. The molecule has 0 aromatic heterocycles. The van der Waals surface area contributed by atoms with E-state index in [4.69, 9.17) is 10.5 Å². The lowest BCUT2D eigenvalue weighted by Crippen LogP contribution is -2.41. The molecule has 1 heterocycles. The van der Waals surface area contributed by atoms with Crippen LogP contribution in [-0.2, 0) is 27.1 Å². The molecular formula is C15H24N2O3S. The highest BCUT2D eigenvalue weighted by atomic mass is 32.2. The van der Waals surface area contributed by atoms with Crippen molar-refractivity contribution in [2.75, 3.05) is 26.8 Å². The van der Waals surface area contributed by atoms with E-state index in [1.54, 1.807) is 11.4 Å². The van der Waals surface area contributed by atoms with Crippen molar-refractivity contribution in [3.05, 3.63) is 35.4 Å². The minimum atomic E-state index is -3.26. The van der Waals surface area contributed by atoms with Gasteiger partial charge in [0.1, 0.15) is 0 Å². The van der Waals surface area contributed by atoms with Gasteiger partial charge in [0.15, 0.2) is 0 Å². The molecule has 21 heavy (non-hydrogen) atoms. The Bertz CT molecular complexity index is 541. The first-order valence-corrected chi connectivity index (χ1v) is 8.90. The molecule has 0 spiro atoms. The molecule has 0 radical (unpaired) electrons. The van der Waals surface area contributed by atoms with Gasteiger partial charge in [0.2, 0.25) is 10.0 Å². The molecule has 2 N–H and O–H groups in total. The number of methoxy groups -OCH3 is 1. The molecule has 0 saturated carbocycles. The van der Waals surface area contributed by atoms with Crippen molar-refractivity contribution < 1.29 is 13.2 Å². The van der Waals surface area contributed by atoms with Gasteiger partial charge in [0, 0.05) is 26.7 Å². The maximum absolute atomic E-state index is 12.5. The molecular weight excluding hydrogens is 288 g/mol. The second kappa shape index (κ2) is 7.35. The van der Waals surface area contributed by atoms with Crippen LogP contribution in [0.1, 0.15) is 24.0 Å². The molecule has 0 aliphatic carbocycles. The normalized spacial score (nSPS) is 20.6. The quantitative estimate of drug-likeness (QED) is 0.860. The number of sulfonamides is 1. The van der Waals surface area contributed by atoms with Crippen molar-refractivity contribution in [2.24, 2.45) is 11.7 Å². The highest BCUT2D eigenvalue weighted by molar-refractivity contribution is 7.88. The summed E-state index contributed by atoms with van der Waals surface area (Å²) in [5, 5.41) is 0. The van der Waals surface area contributed by atoms with Gasteiger partial charge in [-0.1, -0.05) is 24.3 Å². The largest absolute Gasteiger partial charge is 0.384 e. The second-order valence-corrected chi connectivity index (χ2v) is 7.57. The molecule has 0 bridgehead atoms. The Balaban J connectivity index is 2.03. The third-order valence-corrected chi connectivity index (χ3v) is 5.70. The Morgan fingerprint density at radius 3 is 2.57 bits per heavy atom. The van der Waals surface area contributed by atoms with E-state index in [2.05, 4.69) is 0 Å². The lowest BCUT2D eigenvalue weighted by Gasteiger charge is -2.31. The minimum absolute atomic E-state index is 0.0531. The first-order valence-electron chi connectivity index (χ1n) is 7.30. The molecule has 1 atom stereocenters. The van der Waals surface area contributed by atoms with Gasteiger partial charge < -0.3 is 10.5 Å². The van der Waals surface area contributed by atoms with E-state index in [1.807, 2.05) is 24.3 Å². The molecule has 1 aliphatic rings. The van der Waals surface area contributed by atoms with Gasteiger partial charge in [-0.15, -0.1) is 0 Å². The zero-order valence-electron chi connectivity index (χ0n) is 12.5.